The molecule has 14 heteroatoms. The molecule has 0 saturated heterocycles. The lowest BCUT2D eigenvalue weighted by Crippen LogP contribution is -2.25. The Morgan fingerprint density at radius 3 is 2.97 bits per heavy atom. The Labute approximate surface area is 192 Å². The first-order chi connectivity index (χ1) is 15.8. The molecule has 0 saturated carbocycles. The molecule has 1 aliphatic heterocycles. The first-order valence-corrected chi connectivity index (χ1v) is 11.9. The van der Waals surface area contributed by atoms with Crippen molar-refractivity contribution in [2.75, 3.05) is 13.3 Å². The number of sulfonamides is 1. The number of carbonyl (C=O) groups is 1. The van der Waals surface area contributed by atoms with Gasteiger partial charge in [-0.05, 0) is 18.6 Å². The third-order valence-corrected chi connectivity index (χ3v) is 6.79. The highest BCUT2D eigenvalue weighted by Gasteiger charge is 2.22. The second kappa shape index (κ2) is 9.74. The topological polar surface area (TPSA) is 160 Å². The zero-order valence-electron chi connectivity index (χ0n) is 17.1. The van der Waals surface area contributed by atoms with Crippen LogP contribution in [0.15, 0.2) is 35.2 Å². The van der Waals surface area contributed by atoms with E-state index in [1.165, 1.54) is 18.2 Å². The second-order valence-corrected chi connectivity index (χ2v) is 9.27. The fraction of sp³-hybridized carbons (Fsp3) is 0.316. The summed E-state index contributed by atoms with van der Waals surface area (Å²) in [5.41, 5.74) is 1.49. The van der Waals surface area contributed by atoms with Crippen molar-refractivity contribution < 1.29 is 32.3 Å². The van der Waals surface area contributed by atoms with Crippen molar-refractivity contribution in [2.24, 2.45) is 0 Å². The average molecular weight is 495 g/mol. The van der Waals surface area contributed by atoms with E-state index in [0.29, 0.717) is 27.9 Å². The number of fused-ring (bicyclic) bond motifs is 2. The number of nitro benzene ring substituents is 1. The summed E-state index contributed by atoms with van der Waals surface area (Å²) in [6.07, 6.45) is 0.146. The summed E-state index contributed by atoms with van der Waals surface area (Å²) in [6.45, 7) is -0.0508. The number of benzene rings is 2. The highest BCUT2D eigenvalue weighted by molar-refractivity contribution is 7.89. The van der Waals surface area contributed by atoms with E-state index in [1.54, 1.807) is 12.1 Å². The van der Waals surface area contributed by atoms with Crippen LogP contribution >= 0.6 is 11.7 Å². The molecule has 3 aromatic rings. The molecule has 0 unspecified atom stereocenters. The minimum absolute atomic E-state index is 0.00339. The lowest BCUT2D eigenvalue weighted by molar-refractivity contribution is -0.385. The molecule has 2 heterocycles. The van der Waals surface area contributed by atoms with Gasteiger partial charge in [0.25, 0.3) is 5.69 Å². The van der Waals surface area contributed by atoms with Gasteiger partial charge in [0.05, 0.1) is 23.3 Å². The summed E-state index contributed by atoms with van der Waals surface area (Å²) in [4.78, 5) is 22.7. The predicted molar refractivity (Wildman–Crippen MR) is 115 cm³/mol. The lowest BCUT2D eigenvalue weighted by atomic mass is 10.1. The molecular formula is C19H18N4O8S2. The fourth-order valence-corrected chi connectivity index (χ4v) is 5.08. The lowest BCUT2D eigenvalue weighted by Gasteiger charge is -2.20. The van der Waals surface area contributed by atoms with Crippen LogP contribution in [0.25, 0.3) is 11.0 Å². The van der Waals surface area contributed by atoms with E-state index in [0.717, 1.165) is 11.7 Å². The molecule has 0 radical (unpaired) electrons. The predicted octanol–water partition coefficient (Wildman–Crippen LogP) is 2.27. The first kappa shape index (κ1) is 23.0. The highest BCUT2D eigenvalue weighted by atomic mass is 32.2. The molecule has 33 heavy (non-hydrogen) atoms. The van der Waals surface area contributed by atoms with Crippen LogP contribution in [-0.4, -0.2) is 41.4 Å². The molecule has 2 aromatic carbocycles. The van der Waals surface area contributed by atoms with Crippen molar-refractivity contribution in [1.29, 1.82) is 0 Å². The molecule has 1 N–H and O–H groups in total. The number of hydrogen-bond acceptors (Lipinski definition) is 11. The smallest absolute Gasteiger partial charge is 0.306 e. The van der Waals surface area contributed by atoms with Gasteiger partial charge in [0, 0.05) is 36.2 Å². The number of esters is 1. The molecule has 0 aliphatic carbocycles. The normalized spacial score (nSPS) is 13.3. The van der Waals surface area contributed by atoms with Crippen LogP contribution in [0.2, 0.25) is 0 Å². The summed E-state index contributed by atoms with van der Waals surface area (Å²) in [5, 5.41) is 11.1. The summed E-state index contributed by atoms with van der Waals surface area (Å²) in [6, 6.07) is 7.34. The van der Waals surface area contributed by atoms with Gasteiger partial charge in [-0.15, -0.1) is 0 Å². The highest BCUT2D eigenvalue weighted by Crippen LogP contribution is 2.33. The Morgan fingerprint density at radius 1 is 1.30 bits per heavy atom. The van der Waals surface area contributed by atoms with Gasteiger partial charge in [-0.25, -0.2) is 13.1 Å². The van der Waals surface area contributed by atoms with Crippen LogP contribution in [0.4, 0.5) is 5.69 Å². The number of nitrogens with zero attached hydrogens (tertiary/aromatic N) is 3. The SMILES string of the molecule is O=C(CCCNS(=O)(=O)c1cccc2nsnc12)OCc1cc([N+](=O)[O-])cc2c1OCOC2. The minimum Gasteiger partial charge on any atom is -0.467 e. The number of ether oxygens (including phenoxy) is 3. The number of rotatable bonds is 9. The van der Waals surface area contributed by atoms with Gasteiger partial charge in [0.1, 0.15) is 28.3 Å². The fourth-order valence-electron chi connectivity index (χ4n) is 3.24. The van der Waals surface area contributed by atoms with Gasteiger partial charge in [-0.2, -0.15) is 8.75 Å². The third-order valence-electron chi connectivity index (χ3n) is 4.76. The van der Waals surface area contributed by atoms with Crippen molar-refractivity contribution in [3.05, 3.63) is 51.6 Å². The number of aromatic nitrogens is 2. The standard InChI is InChI=1S/C19H18N4O8S2/c24-17(30-10-13-8-14(23(25)26)7-12-9-29-11-31-19(12)13)5-2-6-20-33(27,28)16-4-1-3-15-18(16)22-32-21-15/h1,3-4,7-8,20H,2,5-6,9-11H2. The summed E-state index contributed by atoms with van der Waals surface area (Å²) >= 11 is 0.923. The maximum atomic E-state index is 12.6. The van der Waals surface area contributed by atoms with Crippen LogP contribution in [0.3, 0.4) is 0 Å². The van der Waals surface area contributed by atoms with Gasteiger partial charge in [-0.3, -0.25) is 14.9 Å². The van der Waals surface area contributed by atoms with Gasteiger partial charge in [0.15, 0.2) is 6.79 Å². The zero-order valence-corrected chi connectivity index (χ0v) is 18.7. The molecule has 1 aromatic heterocycles. The number of nitrogens with one attached hydrogen (secondary N) is 1. The molecular weight excluding hydrogens is 476 g/mol. The van der Waals surface area contributed by atoms with Gasteiger partial charge < -0.3 is 14.2 Å². The van der Waals surface area contributed by atoms with Gasteiger partial charge in [-0.1, -0.05) is 6.07 Å². The van der Waals surface area contributed by atoms with E-state index >= 15 is 0 Å². The van der Waals surface area contributed by atoms with E-state index in [2.05, 4.69) is 13.5 Å². The number of hydrogen-bond donors (Lipinski definition) is 1. The van der Waals surface area contributed by atoms with Crippen LogP contribution in [0.5, 0.6) is 5.75 Å². The number of nitro groups is 1. The molecule has 0 bridgehead atoms. The Balaban J connectivity index is 1.30. The molecule has 12 nitrogen and oxygen atoms in total. The number of non-ortho nitro benzene ring substituents is 1. The zero-order chi connectivity index (χ0) is 23.4. The van der Waals surface area contributed by atoms with Crippen molar-refractivity contribution in [3.63, 3.8) is 0 Å². The molecule has 1 aliphatic rings. The van der Waals surface area contributed by atoms with E-state index in [-0.39, 0.29) is 50.0 Å². The molecule has 0 fully saturated rings. The monoisotopic (exact) mass is 494 g/mol. The first-order valence-electron chi connectivity index (χ1n) is 9.72. The maximum Gasteiger partial charge on any atom is 0.306 e. The molecule has 0 atom stereocenters. The third kappa shape index (κ3) is 5.24. The minimum atomic E-state index is -3.82. The Kier molecular flexibility index (Phi) is 6.78. The summed E-state index contributed by atoms with van der Waals surface area (Å²) < 4.78 is 51.3. The van der Waals surface area contributed by atoms with E-state index in [1.807, 2.05) is 0 Å². The van der Waals surface area contributed by atoms with Crippen LogP contribution in [-0.2, 0) is 37.5 Å². The average Bonchev–Trinajstić information content (AvgIpc) is 3.29. The van der Waals surface area contributed by atoms with Crippen molar-refractivity contribution in [2.45, 2.75) is 31.0 Å². The Bertz CT molecular complexity index is 1310. The summed E-state index contributed by atoms with van der Waals surface area (Å²) in [5.74, 6) is -0.176. The Hall–Kier alpha value is -3.20. The second-order valence-electron chi connectivity index (χ2n) is 7.01. The number of carbonyl (C=O) groups excluding carboxylic acids is 1. The van der Waals surface area contributed by atoms with E-state index in [9.17, 15) is 23.3 Å². The molecule has 174 valence electrons. The summed E-state index contributed by atoms with van der Waals surface area (Å²) in [7, 11) is -3.82. The van der Waals surface area contributed by atoms with Gasteiger partial charge >= 0.3 is 5.97 Å². The quantitative estimate of drug-likeness (QED) is 0.202. The van der Waals surface area contributed by atoms with E-state index < -0.39 is 20.9 Å². The largest absolute Gasteiger partial charge is 0.467 e. The Morgan fingerprint density at radius 2 is 2.15 bits per heavy atom. The van der Waals surface area contributed by atoms with Crippen molar-refractivity contribution in [1.82, 2.24) is 13.5 Å². The molecule has 4 rings (SSSR count). The van der Waals surface area contributed by atoms with Crippen LogP contribution < -0.4 is 9.46 Å². The molecule has 0 spiro atoms. The van der Waals surface area contributed by atoms with Crippen molar-refractivity contribution in [3.8, 4) is 5.75 Å². The van der Waals surface area contributed by atoms with Crippen LogP contribution in [0.1, 0.15) is 24.0 Å². The maximum absolute atomic E-state index is 12.6. The van der Waals surface area contributed by atoms with Gasteiger partial charge in [0.2, 0.25) is 10.0 Å². The van der Waals surface area contributed by atoms with Crippen molar-refractivity contribution >= 4 is 44.4 Å². The van der Waals surface area contributed by atoms with Crippen LogP contribution in [0, 0.1) is 10.1 Å². The van der Waals surface area contributed by atoms with E-state index in [4.69, 9.17) is 14.2 Å². The molecule has 0 amide bonds.